The summed E-state index contributed by atoms with van der Waals surface area (Å²) in [5.74, 6) is -2.06. The van der Waals surface area contributed by atoms with Crippen molar-refractivity contribution in [2.75, 3.05) is 0 Å². The van der Waals surface area contributed by atoms with Crippen LogP contribution in [0, 0.1) is 0 Å². The van der Waals surface area contributed by atoms with Crippen LogP contribution in [0.4, 0.5) is 0 Å². The maximum atomic E-state index is 11.8. The van der Waals surface area contributed by atoms with Crippen LogP contribution in [0.2, 0.25) is 0 Å². The maximum absolute atomic E-state index is 11.8. The predicted molar refractivity (Wildman–Crippen MR) is 116 cm³/mol. The number of benzene rings is 2. The third kappa shape index (κ3) is 8.01. The number of aliphatic hydroxyl groups excluding tert-OH is 2. The van der Waals surface area contributed by atoms with Crippen LogP contribution in [0.15, 0.2) is 83.0 Å². The van der Waals surface area contributed by atoms with E-state index < -0.39 is 24.0 Å². The summed E-state index contributed by atoms with van der Waals surface area (Å²) in [5.41, 5.74) is 5.97. The van der Waals surface area contributed by atoms with Crippen molar-refractivity contribution < 1.29 is 19.8 Å². The quantitative estimate of drug-likeness (QED) is 0.371. The summed E-state index contributed by atoms with van der Waals surface area (Å²) in [6.07, 6.45) is 5.29. The van der Waals surface area contributed by atoms with Crippen LogP contribution in [0.1, 0.15) is 11.1 Å². The van der Waals surface area contributed by atoms with Crippen LogP contribution in [0.5, 0.6) is 0 Å². The molecule has 0 aliphatic rings. The Balaban J connectivity index is 1.74. The zero-order chi connectivity index (χ0) is 21.6. The highest BCUT2D eigenvalue weighted by molar-refractivity contribution is 5.91. The number of carbonyl (C=O) groups is 2. The number of hydrogen-bond acceptors (Lipinski definition) is 6. The molecule has 0 aromatic heterocycles. The van der Waals surface area contributed by atoms with Crippen LogP contribution in [0.3, 0.4) is 0 Å². The molecule has 2 atom stereocenters. The summed E-state index contributed by atoms with van der Waals surface area (Å²) in [4.78, 5) is 23.5. The van der Waals surface area contributed by atoms with E-state index in [2.05, 4.69) is 10.2 Å². The van der Waals surface area contributed by atoms with Gasteiger partial charge in [0.1, 0.15) is 0 Å². The van der Waals surface area contributed by atoms with E-state index >= 15 is 0 Å². The van der Waals surface area contributed by atoms with Gasteiger partial charge >= 0.3 is 0 Å². The van der Waals surface area contributed by atoms with Gasteiger partial charge in [0.2, 0.25) is 0 Å². The first-order valence-electron chi connectivity index (χ1n) is 9.03. The van der Waals surface area contributed by atoms with E-state index in [1.807, 2.05) is 71.5 Å². The molecule has 2 unspecified atom stereocenters. The first-order chi connectivity index (χ1) is 14.6. The molecule has 2 aromatic carbocycles. The Labute approximate surface area is 174 Å². The molecule has 2 amide bonds. The van der Waals surface area contributed by atoms with Gasteiger partial charge in [-0.3, -0.25) is 9.59 Å². The number of aliphatic hydroxyl groups is 2. The van der Waals surface area contributed by atoms with Gasteiger partial charge in [0.15, 0.2) is 12.2 Å². The smallest absolute Gasteiger partial charge is 0.272 e. The molecule has 8 nitrogen and oxygen atoms in total. The molecule has 0 aliphatic carbocycles. The molecule has 0 aliphatic heterocycles. The van der Waals surface area contributed by atoms with Gasteiger partial charge in [0, 0.05) is 12.4 Å². The lowest BCUT2D eigenvalue weighted by atomic mass is 10.2. The number of carbonyl (C=O) groups excluding carboxylic acids is 2. The zero-order valence-corrected chi connectivity index (χ0v) is 16.0. The average Bonchev–Trinajstić information content (AvgIpc) is 2.78. The van der Waals surface area contributed by atoms with Crippen molar-refractivity contribution in [1.29, 1.82) is 0 Å². The highest BCUT2D eigenvalue weighted by Gasteiger charge is 2.30. The molecule has 154 valence electrons. The van der Waals surface area contributed by atoms with Crippen molar-refractivity contribution in [2.24, 2.45) is 10.2 Å². The molecular weight excluding hydrogens is 384 g/mol. The Morgan fingerprint density at radius 2 is 1.07 bits per heavy atom. The van der Waals surface area contributed by atoms with Crippen molar-refractivity contribution in [3.8, 4) is 0 Å². The third-order valence-electron chi connectivity index (χ3n) is 3.68. The van der Waals surface area contributed by atoms with Crippen LogP contribution < -0.4 is 10.9 Å². The number of hydrazone groups is 2. The van der Waals surface area contributed by atoms with Gasteiger partial charge < -0.3 is 10.2 Å². The molecule has 2 aromatic rings. The van der Waals surface area contributed by atoms with E-state index in [1.54, 1.807) is 24.3 Å². The Morgan fingerprint density at radius 3 is 1.43 bits per heavy atom. The number of hydrogen-bond donors (Lipinski definition) is 4. The van der Waals surface area contributed by atoms with Crippen molar-refractivity contribution >= 4 is 36.4 Å². The van der Waals surface area contributed by atoms with Crippen LogP contribution >= 0.6 is 0 Å². The van der Waals surface area contributed by atoms with Crippen LogP contribution in [-0.4, -0.2) is 46.7 Å². The fourth-order valence-corrected chi connectivity index (χ4v) is 2.14. The van der Waals surface area contributed by atoms with Gasteiger partial charge in [-0.05, 0) is 23.3 Å². The molecule has 0 spiro atoms. The molecule has 30 heavy (non-hydrogen) atoms. The van der Waals surface area contributed by atoms with E-state index in [9.17, 15) is 19.8 Å². The number of nitrogens with zero attached hydrogens (tertiary/aromatic N) is 2. The molecule has 8 heteroatoms. The Morgan fingerprint density at radius 1 is 0.700 bits per heavy atom. The molecule has 0 saturated carbocycles. The largest absolute Gasteiger partial charge is 0.380 e. The lowest BCUT2D eigenvalue weighted by Crippen LogP contribution is -2.47. The van der Waals surface area contributed by atoms with Gasteiger partial charge in [0.25, 0.3) is 11.8 Å². The Bertz CT molecular complexity index is 847. The lowest BCUT2D eigenvalue weighted by Gasteiger charge is -2.13. The molecule has 2 rings (SSSR count). The van der Waals surface area contributed by atoms with Crippen molar-refractivity contribution in [2.45, 2.75) is 12.2 Å². The number of amides is 2. The van der Waals surface area contributed by atoms with E-state index in [0.29, 0.717) is 0 Å². The molecule has 0 radical (unpaired) electrons. The van der Waals surface area contributed by atoms with E-state index in [0.717, 1.165) is 11.1 Å². The van der Waals surface area contributed by atoms with Gasteiger partial charge in [-0.2, -0.15) is 10.2 Å². The molecule has 0 bridgehead atoms. The second kappa shape index (κ2) is 12.6. The number of nitrogens with one attached hydrogen (secondary N) is 2. The number of rotatable bonds is 9. The maximum Gasteiger partial charge on any atom is 0.272 e. The van der Waals surface area contributed by atoms with Gasteiger partial charge in [-0.25, -0.2) is 10.9 Å². The lowest BCUT2D eigenvalue weighted by molar-refractivity contribution is -0.146. The fraction of sp³-hybridized carbons (Fsp3) is 0.0909. The summed E-state index contributed by atoms with van der Waals surface area (Å²) >= 11 is 0. The topological polar surface area (TPSA) is 123 Å². The molecule has 0 saturated heterocycles. The minimum atomic E-state index is -2.00. The van der Waals surface area contributed by atoms with Crippen molar-refractivity contribution in [3.05, 3.63) is 83.9 Å². The normalized spacial score (nSPS) is 13.8. The second-order valence-electron chi connectivity index (χ2n) is 5.94. The van der Waals surface area contributed by atoms with E-state index in [4.69, 9.17) is 0 Å². The SMILES string of the molecule is O=C(N/N=C/C=C/c1ccccc1)C(O)C(O)C(=O)N/N=C/C=C/c1ccccc1. The second-order valence-corrected chi connectivity index (χ2v) is 5.94. The first-order valence-corrected chi connectivity index (χ1v) is 9.03. The fourth-order valence-electron chi connectivity index (χ4n) is 2.14. The highest BCUT2D eigenvalue weighted by Crippen LogP contribution is 2.00. The predicted octanol–water partition coefficient (Wildman–Crippen LogP) is 1.34. The molecule has 4 N–H and O–H groups in total. The van der Waals surface area contributed by atoms with Gasteiger partial charge in [-0.15, -0.1) is 0 Å². The van der Waals surface area contributed by atoms with Crippen LogP contribution in [-0.2, 0) is 9.59 Å². The van der Waals surface area contributed by atoms with Gasteiger partial charge in [0.05, 0.1) is 0 Å². The summed E-state index contributed by atoms with van der Waals surface area (Å²) < 4.78 is 0. The number of allylic oxidation sites excluding steroid dienone is 2. The first kappa shape index (κ1) is 22.4. The highest BCUT2D eigenvalue weighted by atomic mass is 16.3. The van der Waals surface area contributed by atoms with Crippen molar-refractivity contribution in [3.63, 3.8) is 0 Å². The van der Waals surface area contributed by atoms with Crippen molar-refractivity contribution in [1.82, 2.24) is 10.9 Å². The molecular formula is C22H22N4O4. The monoisotopic (exact) mass is 406 g/mol. The minimum Gasteiger partial charge on any atom is -0.380 e. The summed E-state index contributed by atoms with van der Waals surface area (Å²) in [6.45, 7) is 0. The third-order valence-corrected chi connectivity index (χ3v) is 3.68. The molecule has 0 heterocycles. The molecule has 0 fully saturated rings. The zero-order valence-electron chi connectivity index (χ0n) is 16.0. The summed E-state index contributed by atoms with van der Waals surface area (Å²) in [7, 11) is 0. The summed E-state index contributed by atoms with van der Waals surface area (Å²) in [5, 5.41) is 26.7. The average molecular weight is 406 g/mol. The standard InChI is InChI=1S/C22H22N4O4/c27-19(21(29)25-23-15-7-13-17-9-3-1-4-10-17)20(28)22(30)26-24-16-8-14-18-11-5-2-6-12-18/h1-16,19-20,27-28H,(H,25,29)(H,26,30)/b13-7+,14-8+,23-15+,24-16+. The van der Waals surface area contributed by atoms with E-state index in [-0.39, 0.29) is 0 Å². The Hall–Kier alpha value is -3.88. The van der Waals surface area contributed by atoms with Gasteiger partial charge in [-0.1, -0.05) is 72.8 Å². The van der Waals surface area contributed by atoms with E-state index in [1.165, 1.54) is 12.4 Å². The minimum absolute atomic E-state index is 0.946. The summed E-state index contributed by atoms with van der Waals surface area (Å²) in [6, 6.07) is 18.9. The van der Waals surface area contributed by atoms with Crippen LogP contribution in [0.25, 0.3) is 12.2 Å². The Kier molecular flexibility index (Phi) is 9.38.